The standard InChI is InChI=1S/C18H16F2N2O3/c1-18(2)15-14(6-11(8-21-15)16(23)25-3)22(17(18)24)9-10-4-12(19)7-13(20)5-10/h4-8H,9H2,1-3H3. The van der Waals surface area contributed by atoms with E-state index in [0.29, 0.717) is 16.9 Å². The van der Waals surface area contributed by atoms with Crippen molar-refractivity contribution in [2.75, 3.05) is 12.0 Å². The lowest BCUT2D eigenvalue weighted by atomic mass is 9.90. The fraction of sp³-hybridized carbons (Fsp3) is 0.278. The Labute approximate surface area is 143 Å². The van der Waals surface area contributed by atoms with Crippen molar-refractivity contribution in [1.29, 1.82) is 0 Å². The van der Waals surface area contributed by atoms with E-state index in [1.54, 1.807) is 13.8 Å². The monoisotopic (exact) mass is 346 g/mol. The summed E-state index contributed by atoms with van der Waals surface area (Å²) in [4.78, 5) is 30.2. The van der Waals surface area contributed by atoms with Gasteiger partial charge in [0.1, 0.15) is 11.6 Å². The van der Waals surface area contributed by atoms with Gasteiger partial charge in [-0.1, -0.05) is 0 Å². The second-order valence-electron chi connectivity index (χ2n) is 6.38. The zero-order valence-electron chi connectivity index (χ0n) is 14.0. The fourth-order valence-electron chi connectivity index (χ4n) is 2.96. The molecule has 3 rings (SSSR count). The van der Waals surface area contributed by atoms with Gasteiger partial charge in [-0.3, -0.25) is 9.78 Å². The third kappa shape index (κ3) is 2.86. The largest absolute Gasteiger partial charge is 0.465 e. The highest BCUT2D eigenvalue weighted by molar-refractivity contribution is 6.07. The number of esters is 1. The molecule has 0 bridgehead atoms. The first-order valence-corrected chi connectivity index (χ1v) is 7.60. The van der Waals surface area contributed by atoms with E-state index in [-0.39, 0.29) is 18.0 Å². The predicted octanol–water partition coefficient (Wildman–Crippen LogP) is 2.97. The summed E-state index contributed by atoms with van der Waals surface area (Å²) in [7, 11) is 1.25. The van der Waals surface area contributed by atoms with Crippen LogP contribution in [0.3, 0.4) is 0 Å². The molecule has 0 saturated carbocycles. The number of rotatable bonds is 3. The van der Waals surface area contributed by atoms with Gasteiger partial charge in [-0.2, -0.15) is 0 Å². The molecular weight excluding hydrogens is 330 g/mol. The van der Waals surface area contributed by atoms with Crippen LogP contribution in [0.4, 0.5) is 14.5 Å². The van der Waals surface area contributed by atoms with Crippen molar-refractivity contribution in [3.63, 3.8) is 0 Å². The van der Waals surface area contributed by atoms with E-state index in [4.69, 9.17) is 0 Å². The Balaban J connectivity index is 2.06. The maximum absolute atomic E-state index is 13.4. The molecule has 2 aromatic rings. The van der Waals surface area contributed by atoms with Crippen LogP contribution in [-0.2, 0) is 21.5 Å². The van der Waals surface area contributed by atoms with Crippen LogP contribution in [-0.4, -0.2) is 24.0 Å². The van der Waals surface area contributed by atoms with Gasteiger partial charge in [0.15, 0.2) is 0 Å². The molecule has 0 atom stereocenters. The molecule has 1 aliphatic rings. The van der Waals surface area contributed by atoms with E-state index in [1.807, 2.05) is 0 Å². The minimum Gasteiger partial charge on any atom is -0.465 e. The number of fused-ring (bicyclic) bond motifs is 1. The molecule has 1 aliphatic heterocycles. The highest BCUT2D eigenvalue weighted by Gasteiger charge is 2.45. The minimum absolute atomic E-state index is 0.0315. The van der Waals surface area contributed by atoms with E-state index < -0.39 is 23.0 Å². The number of nitrogens with zero attached hydrogens (tertiary/aromatic N) is 2. The molecule has 0 saturated heterocycles. The Kier molecular flexibility index (Phi) is 4.02. The Hall–Kier alpha value is -2.83. The van der Waals surface area contributed by atoms with Crippen molar-refractivity contribution in [2.24, 2.45) is 0 Å². The molecule has 0 spiro atoms. The number of ether oxygens (including phenoxy) is 1. The van der Waals surface area contributed by atoms with Gasteiger partial charge in [-0.05, 0) is 37.6 Å². The molecule has 0 unspecified atom stereocenters. The molecule has 1 aromatic carbocycles. The number of anilines is 1. The van der Waals surface area contributed by atoms with Crippen molar-refractivity contribution in [3.8, 4) is 0 Å². The minimum atomic E-state index is -0.907. The molecule has 7 heteroatoms. The molecule has 130 valence electrons. The zero-order chi connectivity index (χ0) is 18.4. The first-order chi connectivity index (χ1) is 11.7. The van der Waals surface area contributed by atoms with Gasteiger partial charge in [0, 0.05) is 12.3 Å². The average Bonchev–Trinajstić information content (AvgIpc) is 2.74. The van der Waals surface area contributed by atoms with Crippen LogP contribution >= 0.6 is 0 Å². The van der Waals surface area contributed by atoms with E-state index in [0.717, 1.165) is 6.07 Å². The second-order valence-corrected chi connectivity index (χ2v) is 6.38. The molecule has 0 N–H and O–H groups in total. The Morgan fingerprint density at radius 1 is 1.20 bits per heavy atom. The lowest BCUT2D eigenvalue weighted by molar-refractivity contribution is -0.122. The van der Waals surface area contributed by atoms with Gasteiger partial charge >= 0.3 is 5.97 Å². The Morgan fingerprint density at radius 2 is 1.84 bits per heavy atom. The number of benzene rings is 1. The first-order valence-electron chi connectivity index (χ1n) is 7.60. The van der Waals surface area contributed by atoms with Gasteiger partial charge in [-0.25, -0.2) is 13.6 Å². The summed E-state index contributed by atoms with van der Waals surface area (Å²) < 4.78 is 31.6. The fourth-order valence-corrected chi connectivity index (χ4v) is 2.96. The number of halogens is 2. The van der Waals surface area contributed by atoms with E-state index in [1.165, 1.54) is 36.4 Å². The lowest BCUT2D eigenvalue weighted by Gasteiger charge is -2.20. The van der Waals surface area contributed by atoms with E-state index in [2.05, 4.69) is 9.72 Å². The maximum Gasteiger partial charge on any atom is 0.339 e. The number of hydrogen-bond donors (Lipinski definition) is 0. The van der Waals surface area contributed by atoms with Crippen LogP contribution in [0.1, 0.15) is 35.5 Å². The highest BCUT2D eigenvalue weighted by Crippen LogP contribution is 2.41. The summed E-state index contributed by atoms with van der Waals surface area (Å²) in [5, 5.41) is 0. The molecule has 0 radical (unpaired) electrons. The maximum atomic E-state index is 13.4. The number of carbonyl (C=O) groups excluding carboxylic acids is 2. The summed E-state index contributed by atoms with van der Waals surface area (Å²) in [6.07, 6.45) is 1.35. The lowest BCUT2D eigenvalue weighted by Crippen LogP contribution is -2.36. The Morgan fingerprint density at radius 3 is 2.44 bits per heavy atom. The normalized spacial score (nSPS) is 15.2. The summed E-state index contributed by atoms with van der Waals surface area (Å²) >= 11 is 0. The van der Waals surface area contributed by atoms with Crippen LogP contribution in [0.2, 0.25) is 0 Å². The summed E-state index contributed by atoms with van der Waals surface area (Å²) in [5.74, 6) is -2.28. The third-order valence-electron chi connectivity index (χ3n) is 4.21. The number of methoxy groups -OCH3 is 1. The summed E-state index contributed by atoms with van der Waals surface area (Å²) in [6, 6.07) is 4.61. The predicted molar refractivity (Wildman–Crippen MR) is 86.2 cm³/mol. The molecule has 0 aliphatic carbocycles. The van der Waals surface area contributed by atoms with Crippen molar-refractivity contribution >= 4 is 17.6 Å². The molecule has 5 nitrogen and oxygen atoms in total. The summed E-state index contributed by atoms with van der Waals surface area (Å²) in [5.41, 5.74) is 0.528. The van der Waals surface area contributed by atoms with Crippen LogP contribution in [0.5, 0.6) is 0 Å². The number of aromatic nitrogens is 1. The smallest absolute Gasteiger partial charge is 0.339 e. The molecule has 2 heterocycles. The topological polar surface area (TPSA) is 59.5 Å². The van der Waals surface area contributed by atoms with Crippen molar-refractivity contribution in [3.05, 3.63) is 58.9 Å². The molecule has 25 heavy (non-hydrogen) atoms. The van der Waals surface area contributed by atoms with Crippen LogP contribution in [0.25, 0.3) is 0 Å². The number of hydrogen-bond acceptors (Lipinski definition) is 4. The Bertz CT molecular complexity index is 860. The van der Waals surface area contributed by atoms with E-state index in [9.17, 15) is 18.4 Å². The summed E-state index contributed by atoms with van der Waals surface area (Å²) in [6.45, 7) is 3.40. The second kappa shape index (κ2) is 5.91. The SMILES string of the molecule is COC(=O)c1cnc2c(c1)N(Cc1cc(F)cc(F)c1)C(=O)C2(C)C. The van der Waals surface area contributed by atoms with E-state index >= 15 is 0 Å². The molecular formula is C18H16F2N2O3. The number of amides is 1. The van der Waals surface area contributed by atoms with Crippen molar-refractivity contribution in [2.45, 2.75) is 25.8 Å². The molecule has 1 amide bonds. The van der Waals surface area contributed by atoms with Crippen LogP contribution < -0.4 is 4.90 Å². The van der Waals surface area contributed by atoms with Gasteiger partial charge in [-0.15, -0.1) is 0 Å². The quantitative estimate of drug-likeness (QED) is 0.802. The molecule has 0 fully saturated rings. The third-order valence-corrected chi connectivity index (χ3v) is 4.21. The van der Waals surface area contributed by atoms with Crippen molar-refractivity contribution < 1.29 is 23.1 Å². The van der Waals surface area contributed by atoms with Gasteiger partial charge < -0.3 is 9.64 Å². The molecule has 1 aromatic heterocycles. The average molecular weight is 346 g/mol. The first kappa shape index (κ1) is 17.0. The van der Waals surface area contributed by atoms with Crippen LogP contribution in [0.15, 0.2) is 30.5 Å². The van der Waals surface area contributed by atoms with Gasteiger partial charge in [0.05, 0.1) is 36.0 Å². The van der Waals surface area contributed by atoms with Crippen LogP contribution in [0, 0.1) is 11.6 Å². The highest BCUT2D eigenvalue weighted by atomic mass is 19.1. The number of pyridine rings is 1. The zero-order valence-corrected chi connectivity index (χ0v) is 14.0. The van der Waals surface area contributed by atoms with Gasteiger partial charge in [0.25, 0.3) is 0 Å². The van der Waals surface area contributed by atoms with Gasteiger partial charge in [0.2, 0.25) is 5.91 Å². The van der Waals surface area contributed by atoms with Crippen molar-refractivity contribution in [1.82, 2.24) is 4.98 Å². The number of carbonyl (C=O) groups is 2.